The number of amides is 4. The van der Waals surface area contributed by atoms with Gasteiger partial charge in [-0.1, -0.05) is 22.0 Å². The highest BCUT2D eigenvalue weighted by molar-refractivity contribution is 9.10. The number of methoxy groups -OCH3 is 1. The normalized spacial score (nSPS) is 15.7. The summed E-state index contributed by atoms with van der Waals surface area (Å²) in [7, 11) is 1.51. The summed E-state index contributed by atoms with van der Waals surface area (Å²) in [5.74, 6) is -0.439. The first kappa shape index (κ1) is 20.6. The highest BCUT2D eigenvalue weighted by Crippen LogP contribution is 2.30. The van der Waals surface area contributed by atoms with Crippen molar-refractivity contribution in [2.75, 3.05) is 12.0 Å². The first-order valence-corrected chi connectivity index (χ1v) is 9.61. The van der Waals surface area contributed by atoms with Crippen molar-refractivity contribution in [1.82, 2.24) is 5.32 Å². The summed E-state index contributed by atoms with van der Waals surface area (Å²) in [4.78, 5) is 38.4. The van der Waals surface area contributed by atoms with Crippen molar-refractivity contribution in [1.29, 1.82) is 0 Å². The zero-order chi connectivity index (χ0) is 21.1. The molecule has 0 spiro atoms. The quantitative estimate of drug-likeness (QED) is 0.542. The number of imide groups is 2. The van der Waals surface area contributed by atoms with Crippen LogP contribution in [0, 0.1) is 0 Å². The number of ether oxygens (including phenoxy) is 2. The molecule has 3 rings (SSSR count). The third-order valence-electron chi connectivity index (χ3n) is 4.05. The SMILES string of the molecule is COc1cc(/C=C2\C(=O)NC(=O)N(c3ccc(Br)cc3)C2=O)ccc1OC(C)C. The lowest BCUT2D eigenvalue weighted by Gasteiger charge is -2.26. The molecular formula is C21H19BrN2O5. The third kappa shape index (κ3) is 4.48. The molecule has 0 unspecified atom stereocenters. The summed E-state index contributed by atoms with van der Waals surface area (Å²) in [6, 6.07) is 10.9. The van der Waals surface area contributed by atoms with E-state index in [1.165, 1.54) is 13.2 Å². The zero-order valence-electron chi connectivity index (χ0n) is 16.1. The lowest BCUT2D eigenvalue weighted by molar-refractivity contribution is -0.122. The molecule has 1 saturated heterocycles. The van der Waals surface area contributed by atoms with E-state index in [2.05, 4.69) is 21.2 Å². The van der Waals surface area contributed by atoms with Crippen LogP contribution in [0.25, 0.3) is 6.08 Å². The first-order chi connectivity index (χ1) is 13.8. The van der Waals surface area contributed by atoms with Crippen molar-refractivity contribution in [3.05, 3.63) is 58.1 Å². The number of carbonyl (C=O) groups is 3. The molecule has 0 atom stereocenters. The Morgan fingerprint density at radius 3 is 2.34 bits per heavy atom. The van der Waals surface area contributed by atoms with E-state index in [1.807, 2.05) is 13.8 Å². The van der Waals surface area contributed by atoms with Gasteiger partial charge in [-0.15, -0.1) is 0 Å². The van der Waals surface area contributed by atoms with Gasteiger partial charge < -0.3 is 9.47 Å². The van der Waals surface area contributed by atoms with Gasteiger partial charge >= 0.3 is 6.03 Å². The van der Waals surface area contributed by atoms with Gasteiger partial charge in [0.05, 0.1) is 18.9 Å². The van der Waals surface area contributed by atoms with Crippen LogP contribution >= 0.6 is 15.9 Å². The van der Waals surface area contributed by atoms with Crippen LogP contribution in [0.5, 0.6) is 11.5 Å². The fourth-order valence-electron chi connectivity index (χ4n) is 2.77. The van der Waals surface area contributed by atoms with Crippen LogP contribution in [0.4, 0.5) is 10.5 Å². The summed E-state index contributed by atoms with van der Waals surface area (Å²) in [6.07, 6.45) is 1.38. The molecule has 150 valence electrons. The number of benzene rings is 2. The molecule has 1 aliphatic rings. The average Bonchev–Trinajstić information content (AvgIpc) is 2.67. The van der Waals surface area contributed by atoms with E-state index in [1.54, 1.807) is 42.5 Å². The van der Waals surface area contributed by atoms with Gasteiger partial charge in [0.2, 0.25) is 0 Å². The number of hydrogen-bond donors (Lipinski definition) is 1. The van der Waals surface area contributed by atoms with Crippen molar-refractivity contribution in [2.45, 2.75) is 20.0 Å². The van der Waals surface area contributed by atoms with Crippen LogP contribution in [0.15, 0.2) is 52.5 Å². The first-order valence-electron chi connectivity index (χ1n) is 8.82. The van der Waals surface area contributed by atoms with E-state index in [9.17, 15) is 14.4 Å². The van der Waals surface area contributed by atoms with Crippen LogP contribution < -0.4 is 19.7 Å². The minimum absolute atomic E-state index is 0.0377. The summed E-state index contributed by atoms with van der Waals surface area (Å²) in [6.45, 7) is 3.79. The third-order valence-corrected chi connectivity index (χ3v) is 4.58. The second kappa shape index (κ2) is 8.48. The number of nitrogens with one attached hydrogen (secondary N) is 1. The maximum absolute atomic E-state index is 12.9. The molecule has 0 bridgehead atoms. The van der Waals surface area contributed by atoms with Crippen molar-refractivity contribution in [3.63, 3.8) is 0 Å². The smallest absolute Gasteiger partial charge is 0.335 e. The Morgan fingerprint density at radius 1 is 1.03 bits per heavy atom. The van der Waals surface area contributed by atoms with Crippen LogP contribution in [-0.2, 0) is 9.59 Å². The van der Waals surface area contributed by atoms with Gasteiger partial charge in [0.15, 0.2) is 11.5 Å². The maximum Gasteiger partial charge on any atom is 0.335 e. The predicted octanol–water partition coefficient (Wildman–Crippen LogP) is 3.91. The van der Waals surface area contributed by atoms with E-state index >= 15 is 0 Å². The molecule has 29 heavy (non-hydrogen) atoms. The standard InChI is InChI=1S/C21H19BrN2O5/c1-12(2)29-17-9-4-13(11-18(17)28-3)10-16-19(25)23-21(27)24(20(16)26)15-7-5-14(22)6-8-15/h4-12H,1-3H3,(H,23,25,27)/b16-10+. The summed E-state index contributed by atoms with van der Waals surface area (Å²) < 4.78 is 11.8. The van der Waals surface area contributed by atoms with Crippen molar-refractivity contribution in [3.8, 4) is 11.5 Å². The lowest BCUT2D eigenvalue weighted by atomic mass is 10.1. The van der Waals surface area contributed by atoms with Gasteiger partial charge in [-0.05, 0) is 61.9 Å². The molecule has 0 radical (unpaired) electrons. The minimum atomic E-state index is -0.794. The number of halogens is 1. The Labute approximate surface area is 176 Å². The number of urea groups is 1. The van der Waals surface area contributed by atoms with Crippen LogP contribution in [0.3, 0.4) is 0 Å². The van der Waals surface area contributed by atoms with E-state index in [-0.39, 0.29) is 11.7 Å². The largest absolute Gasteiger partial charge is 0.493 e. The molecule has 0 aliphatic carbocycles. The van der Waals surface area contributed by atoms with Gasteiger partial charge in [-0.2, -0.15) is 0 Å². The molecule has 1 fully saturated rings. The number of rotatable bonds is 5. The monoisotopic (exact) mass is 458 g/mol. The topological polar surface area (TPSA) is 84.9 Å². The van der Waals surface area contributed by atoms with E-state index in [0.29, 0.717) is 22.7 Å². The van der Waals surface area contributed by atoms with Gasteiger partial charge in [-0.3, -0.25) is 14.9 Å². The molecule has 2 aromatic rings. The number of carbonyl (C=O) groups excluding carboxylic acids is 3. The Kier molecular flexibility index (Phi) is 6.03. The molecule has 7 nitrogen and oxygen atoms in total. The lowest BCUT2D eigenvalue weighted by Crippen LogP contribution is -2.54. The van der Waals surface area contributed by atoms with Gasteiger partial charge in [0.1, 0.15) is 5.57 Å². The van der Waals surface area contributed by atoms with Crippen LogP contribution in [0.2, 0.25) is 0 Å². The number of nitrogens with zero attached hydrogens (tertiary/aromatic N) is 1. The average molecular weight is 459 g/mol. The number of hydrogen-bond acceptors (Lipinski definition) is 5. The van der Waals surface area contributed by atoms with Crippen molar-refractivity contribution >= 4 is 45.5 Å². The summed E-state index contributed by atoms with van der Waals surface area (Å²) in [5, 5.41) is 2.20. The van der Waals surface area contributed by atoms with Crippen LogP contribution in [-0.4, -0.2) is 31.1 Å². The van der Waals surface area contributed by atoms with E-state index in [0.717, 1.165) is 9.37 Å². The second-order valence-electron chi connectivity index (χ2n) is 6.51. The molecule has 0 aromatic heterocycles. The zero-order valence-corrected chi connectivity index (χ0v) is 17.6. The Hall–Kier alpha value is -3.13. The second-order valence-corrected chi connectivity index (χ2v) is 7.43. The van der Waals surface area contributed by atoms with E-state index < -0.39 is 17.8 Å². The number of anilines is 1. The summed E-state index contributed by atoms with van der Waals surface area (Å²) >= 11 is 3.31. The molecular weight excluding hydrogens is 440 g/mol. The predicted molar refractivity (Wildman–Crippen MR) is 112 cm³/mol. The van der Waals surface area contributed by atoms with Crippen LogP contribution in [0.1, 0.15) is 19.4 Å². The molecule has 0 saturated carbocycles. The van der Waals surface area contributed by atoms with Gasteiger partial charge in [0, 0.05) is 4.47 Å². The van der Waals surface area contributed by atoms with Gasteiger partial charge in [-0.25, -0.2) is 9.69 Å². The van der Waals surface area contributed by atoms with Crippen molar-refractivity contribution in [2.24, 2.45) is 0 Å². The Morgan fingerprint density at radius 2 is 1.72 bits per heavy atom. The molecule has 1 heterocycles. The molecule has 1 N–H and O–H groups in total. The van der Waals surface area contributed by atoms with Crippen molar-refractivity contribution < 1.29 is 23.9 Å². The minimum Gasteiger partial charge on any atom is -0.493 e. The molecule has 4 amide bonds. The Bertz CT molecular complexity index is 999. The molecule has 1 aliphatic heterocycles. The fraction of sp³-hybridized carbons (Fsp3) is 0.190. The highest BCUT2D eigenvalue weighted by atomic mass is 79.9. The molecule has 8 heteroatoms. The fourth-order valence-corrected chi connectivity index (χ4v) is 3.04. The molecule has 2 aromatic carbocycles. The maximum atomic E-state index is 12.9. The van der Waals surface area contributed by atoms with Gasteiger partial charge in [0.25, 0.3) is 11.8 Å². The number of barbiturate groups is 1. The Balaban J connectivity index is 1.97. The summed E-state index contributed by atoms with van der Waals surface area (Å²) in [5.41, 5.74) is 0.751. The highest BCUT2D eigenvalue weighted by Gasteiger charge is 2.36. The van der Waals surface area contributed by atoms with E-state index in [4.69, 9.17) is 9.47 Å².